The summed E-state index contributed by atoms with van der Waals surface area (Å²) in [7, 11) is -3.01. The van der Waals surface area contributed by atoms with Crippen molar-refractivity contribution in [2.24, 2.45) is 0 Å². The van der Waals surface area contributed by atoms with Gasteiger partial charge in [0.25, 0.3) is 5.91 Å². The fourth-order valence-corrected chi connectivity index (χ4v) is 4.78. The minimum atomic E-state index is -3.01. The van der Waals surface area contributed by atoms with Crippen LogP contribution in [0.25, 0.3) is 0 Å². The molecule has 1 aromatic heterocycles. The van der Waals surface area contributed by atoms with Crippen LogP contribution < -0.4 is 5.32 Å². The second-order valence-corrected chi connectivity index (χ2v) is 8.65. The first kappa shape index (κ1) is 17.0. The zero-order chi connectivity index (χ0) is 17.5. The van der Waals surface area contributed by atoms with Gasteiger partial charge in [0.2, 0.25) is 0 Å². The molecular formula is C16H18ClN3O3S. The summed E-state index contributed by atoms with van der Waals surface area (Å²) in [6.45, 7) is 3.61. The third kappa shape index (κ3) is 3.18. The Bertz CT molecular complexity index is 905. The van der Waals surface area contributed by atoms with Gasteiger partial charge in [-0.1, -0.05) is 17.7 Å². The minimum absolute atomic E-state index is 0.0734. The summed E-state index contributed by atoms with van der Waals surface area (Å²) in [4.78, 5) is 12.5. The van der Waals surface area contributed by atoms with Crippen molar-refractivity contribution in [3.63, 3.8) is 0 Å². The number of nitrogens with zero attached hydrogens (tertiary/aromatic N) is 2. The monoisotopic (exact) mass is 367 g/mol. The quantitative estimate of drug-likeness (QED) is 0.904. The van der Waals surface area contributed by atoms with Crippen molar-refractivity contribution in [3.8, 4) is 0 Å². The molecular weight excluding hydrogens is 350 g/mol. The van der Waals surface area contributed by atoms with Crippen molar-refractivity contribution in [2.75, 3.05) is 16.8 Å². The lowest BCUT2D eigenvalue weighted by molar-refractivity contribution is 0.102. The Morgan fingerprint density at radius 1 is 1.38 bits per heavy atom. The SMILES string of the molecule is Cc1c(Cl)cccc1NC(=O)c1cnn(C2CCS(=O)(=O)C2)c1C. The Balaban J connectivity index is 1.83. The Kier molecular flexibility index (Phi) is 4.40. The Morgan fingerprint density at radius 2 is 2.12 bits per heavy atom. The molecule has 3 rings (SSSR count). The summed E-state index contributed by atoms with van der Waals surface area (Å²) in [5.74, 6) is -0.0468. The van der Waals surface area contributed by atoms with Crippen molar-refractivity contribution in [1.29, 1.82) is 0 Å². The van der Waals surface area contributed by atoms with Gasteiger partial charge in [-0.2, -0.15) is 5.10 Å². The molecule has 2 aromatic rings. The van der Waals surface area contributed by atoms with Crippen LogP contribution >= 0.6 is 11.6 Å². The van der Waals surface area contributed by atoms with Gasteiger partial charge in [-0.3, -0.25) is 9.48 Å². The highest BCUT2D eigenvalue weighted by atomic mass is 35.5. The summed E-state index contributed by atoms with van der Waals surface area (Å²) < 4.78 is 24.9. The van der Waals surface area contributed by atoms with Gasteiger partial charge in [0.05, 0.1) is 29.3 Å². The first-order valence-electron chi connectivity index (χ1n) is 7.59. The number of hydrogen-bond acceptors (Lipinski definition) is 4. The maximum absolute atomic E-state index is 12.5. The third-order valence-corrected chi connectivity index (χ3v) is 6.52. The van der Waals surface area contributed by atoms with Crippen LogP contribution in [0.1, 0.15) is 34.1 Å². The topological polar surface area (TPSA) is 81.1 Å². The molecule has 0 spiro atoms. The maximum Gasteiger partial charge on any atom is 0.259 e. The predicted octanol–water partition coefficient (Wildman–Crippen LogP) is 2.77. The maximum atomic E-state index is 12.5. The van der Waals surface area contributed by atoms with E-state index in [1.165, 1.54) is 6.20 Å². The number of benzene rings is 1. The second-order valence-electron chi connectivity index (χ2n) is 6.01. The molecule has 0 radical (unpaired) electrons. The van der Waals surface area contributed by atoms with E-state index in [-0.39, 0.29) is 23.5 Å². The van der Waals surface area contributed by atoms with Gasteiger partial charge in [0, 0.05) is 16.4 Å². The molecule has 1 saturated heterocycles. The fraction of sp³-hybridized carbons (Fsp3) is 0.375. The van der Waals surface area contributed by atoms with E-state index in [0.29, 0.717) is 28.4 Å². The van der Waals surface area contributed by atoms with Gasteiger partial charge in [-0.05, 0) is 38.0 Å². The summed E-state index contributed by atoms with van der Waals surface area (Å²) in [6.07, 6.45) is 2.01. The van der Waals surface area contributed by atoms with Crippen molar-refractivity contribution in [2.45, 2.75) is 26.3 Å². The molecule has 1 aliphatic heterocycles. The molecule has 2 heterocycles. The Morgan fingerprint density at radius 3 is 2.79 bits per heavy atom. The van der Waals surface area contributed by atoms with Crippen LogP contribution in [0, 0.1) is 13.8 Å². The van der Waals surface area contributed by atoms with Crippen molar-refractivity contribution in [3.05, 3.63) is 46.2 Å². The molecule has 1 N–H and O–H groups in total. The van der Waals surface area contributed by atoms with Crippen LogP contribution in [0.2, 0.25) is 5.02 Å². The van der Waals surface area contributed by atoms with E-state index in [0.717, 1.165) is 5.56 Å². The van der Waals surface area contributed by atoms with Gasteiger partial charge < -0.3 is 5.32 Å². The zero-order valence-corrected chi connectivity index (χ0v) is 15.0. The molecule has 0 bridgehead atoms. The third-order valence-electron chi connectivity index (χ3n) is 4.36. The standard InChI is InChI=1S/C16H18ClN3O3S/c1-10-14(17)4-3-5-15(10)19-16(21)13-8-18-20(11(13)2)12-6-7-24(22,23)9-12/h3-5,8,12H,6-7,9H2,1-2H3,(H,19,21). The molecule has 1 aliphatic rings. The number of hydrogen-bond donors (Lipinski definition) is 1. The van der Waals surface area contributed by atoms with Gasteiger partial charge in [-0.15, -0.1) is 0 Å². The number of carbonyl (C=O) groups excluding carboxylic acids is 1. The van der Waals surface area contributed by atoms with Gasteiger partial charge >= 0.3 is 0 Å². The number of amides is 1. The Labute approximate surface area is 145 Å². The fourth-order valence-electron chi connectivity index (χ4n) is 2.92. The van der Waals surface area contributed by atoms with E-state index >= 15 is 0 Å². The van der Waals surface area contributed by atoms with E-state index < -0.39 is 9.84 Å². The molecule has 24 heavy (non-hydrogen) atoms. The molecule has 6 nitrogen and oxygen atoms in total. The average molecular weight is 368 g/mol. The van der Waals surface area contributed by atoms with E-state index in [1.807, 2.05) is 6.92 Å². The number of halogens is 1. The molecule has 128 valence electrons. The van der Waals surface area contributed by atoms with Crippen molar-refractivity contribution < 1.29 is 13.2 Å². The molecule has 0 aliphatic carbocycles. The highest BCUT2D eigenvalue weighted by Crippen LogP contribution is 2.27. The van der Waals surface area contributed by atoms with E-state index in [4.69, 9.17) is 11.6 Å². The lowest BCUT2D eigenvalue weighted by Crippen LogP contribution is -2.17. The predicted molar refractivity (Wildman–Crippen MR) is 93.4 cm³/mol. The van der Waals surface area contributed by atoms with Gasteiger partial charge in [-0.25, -0.2) is 8.42 Å². The normalized spacial score (nSPS) is 19.4. The summed E-state index contributed by atoms with van der Waals surface area (Å²) >= 11 is 6.07. The number of aromatic nitrogens is 2. The summed E-state index contributed by atoms with van der Waals surface area (Å²) in [6, 6.07) is 5.10. The highest BCUT2D eigenvalue weighted by Gasteiger charge is 2.31. The molecule has 0 saturated carbocycles. The molecule has 1 aromatic carbocycles. The van der Waals surface area contributed by atoms with Crippen molar-refractivity contribution in [1.82, 2.24) is 9.78 Å². The second kappa shape index (κ2) is 6.22. The first-order valence-corrected chi connectivity index (χ1v) is 9.79. The number of sulfone groups is 1. The molecule has 8 heteroatoms. The van der Waals surface area contributed by atoms with E-state index in [1.54, 1.807) is 29.8 Å². The lowest BCUT2D eigenvalue weighted by atomic mass is 10.1. The molecule has 1 atom stereocenters. The molecule has 1 amide bonds. The van der Waals surface area contributed by atoms with Gasteiger partial charge in [0.1, 0.15) is 0 Å². The number of anilines is 1. The average Bonchev–Trinajstić information content (AvgIpc) is 3.06. The van der Waals surface area contributed by atoms with E-state index in [9.17, 15) is 13.2 Å². The number of rotatable bonds is 3. The lowest BCUT2D eigenvalue weighted by Gasteiger charge is -2.12. The van der Waals surface area contributed by atoms with E-state index in [2.05, 4.69) is 10.4 Å². The summed E-state index contributed by atoms with van der Waals surface area (Å²) in [5.41, 5.74) is 2.52. The van der Waals surface area contributed by atoms with Crippen LogP contribution in [0.3, 0.4) is 0 Å². The largest absolute Gasteiger partial charge is 0.322 e. The molecule has 1 unspecified atom stereocenters. The number of nitrogens with one attached hydrogen (secondary N) is 1. The van der Waals surface area contributed by atoms with Crippen LogP contribution in [0.4, 0.5) is 5.69 Å². The Hall–Kier alpha value is -1.86. The van der Waals surface area contributed by atoms with Crippen LogP contribution in [0.15, 0.2) is 24.4 Å². The smallest absolute Gasteiger partial charge is 0.259 e. The van der Waals surface area contributed by atoms with Crippen LogP contribution in [-0.2, 0) is 9.84 Å². The minimum Gasteiger partial charge on any atom is -0.322 e. The first-order chi connectivity index (χ1) is 11.3. The van der Waals surface area contributed by atoms with Crippen molar-refractivity contribution >= 4 is 33.0 Å². The van der Waals surface area contributed by atoms with Crippen LogP contribution in [0.5, 0.6) is 0 Å². The van der Waals surface area contributed by atoms with Gasteiger partial charge in [0.15, 0.2) is 9.84 Å². The number of carbonyl (C=O) groups is 1. The van der Waals surface area contributed by atoms with Crippen LogP contribution in [-0.4, -0.2) is 35.6 Å². The zero-order valence-electron chi connectivity index (χ0n) is 13.4. The molecule has 1 fully saturated rings. The summed E-state index contributed by atoms with van der Waals surface area (Å²) in [5, 5.41) is 7.64. The highest BCUT2D eigenvalue weighted by molar-refractivity contribution is 7.91.